The van der Waals surface area contributed by atoms with Gasteiger partial charge in [-0.2, -0.15) is 4.72 Å². The van der Waals surface area contributed by atoms with Crippen molar-refractivity contribution < 1.29 is 17.6 Å². The van der Waals surface area contributed by atoms with Crippen LogP contribution in [0.2, 0.25) is 0 Å². The number of benzene rings is 2. The summed E-state index contributed by atoms with van der Waals surface area (Å²) in [5, 5.41) is 2.81. The Morgan fingerprint density at radius 1 is 1.00 bits per heavy atom. The molecular formula is C21H22N2O4S. The maximum absolute atomic E-state index is 12.7. The molecule has 0 aliphatic rings. The second-order valence-electron chi connectivity index (χ2n) is 6.47. The Balaban J connectivity index is 1.71. The lowest BCUT2D eigenvalue weighted by Gasteiger charge is -2.17. The van der Waals surface area contributed by atoms with E-state index in [-0.39, 0.29) is 17.2 Å². The van der Waals surface area contributed by atoms with Crippen molar-refractivity contribution in [2.75, 3.05) is 0 Å². The number of hydrogen-bond acceptors (Lipinski definition) is 4. The van der Waals surface area contributed by atoms with Crippen molar-refractivity contribution in [1.82, 2.24) is 10.0 Å². The number of furan rings is 1. The smallest absolute Gasteiger partial charge is 0.241 e. The Bertz CT molecular complexity index is 998. The fourth-order valence-electron chi connectivity index (χ4n) is 2.72. The monoisotopic (exact) mass is 398 g/mol. The molecule has 1 unspecified atom stereocenters. The number of amides is 1. The molecule has 6 nitrogen and oxygen atoms in total. The molecule has 0 fully saturated rings. The molecule has 2 aromatic carbocycles. The van der Waals surface area contributed by atoms with Crippen LogP contribution in [0.1, 0.15) is 29.3 Å². The first kappa shape index (κ1) is 19.9. The standard InChI is InChI=1S/C21H22N2O4S/c1-16-9-11-18(12-10-16)28(25,26)23-19(20-8-5-13-27-20)14-21(24)22-15-17-6-3-2-4-7-17/h2-13,19,23H,14-15H2,1H3,(H,22,24). The van der Waals surface area contributed by atoms with Gasteiger partial charge in [-0.15, -0.1) is 0 Å². The molecule has 0 saturated heterocycles. The van der Waals surface area contributed by atoms with Crippen LogP contribution in [0.25, 0.3) is 0 Å². The largest absolute Gasteiger partial charge is 0.468 e. The normalized spacial score (nSPS) is 12.5. The highest BCUT2D eigenvalue weighted by Gasteiger charge is 2.25. The Labute approximate surface area is 164 Å². The summed E-state index contributed by atoms with van der Waals surface area (Å²) in [4.78, 5) is 12.5. The molecule has 0 saturated carbocycles. The Hall–Kier alpha value is -2.90. The van der Waals surface area contributed by atoms with Crippen molar-refractivity contribution in [3.05, 3.63) is 89.9 Å². The number of aryl methyl sites for hydroxylation is 1. The van der Waals surface area contributed by atoms with Crippen molar-refractivity contribution in [1.29, 1.82) is 0 Å². The van der Waals surface area contributed by atoms with Gasteiger partial charge in [0.2, 0.25) is 15.9 Å². The van der Waals surface area contributed by atoms with E-state index < -0.39 is 16.1 Å². The van der Waals surface area contributed by atoms with E-state index in [0.29, 0.717) is 12.3 Å². The zero-order valence-corrected chi connectivity index (χ0v) is 16.3. The van der Waals surface area contributed by atoms with E-state index in [2.05, 4.69) is 10.0 Å². The average Bonchev–Trinajstić information content (AvgIpc) is 3.22. The lowest BCUT2D eigenvalue weighted by molar-refractivity contribution is -0.121. The van der Waals surface area contributed by atoms with Crippen LogP contribution in [0.5, 0.6) is 0 Å². The van der Waals surface area contributed by atoms with Crippen LogP contribution >= 0.6 is 0 Å². The van der Waals surface area contributed by atoms with Crippen LogP contribution in [-0.2, 0) is 21.4 Å². The van der Waals surface area contributed by atoms with Crippen LogP contribution < -0.4 is 10.0 Å². The van der Waals surface area contributed by atoms with Gasteiger partial charge in [0.05, 0.1) is 23.6 Å². The van der Waals surface area contributed by atoms with Crippen molar-refractivity contribution >= 4 is 15.9 Å². The minimum absolute atomic E-state index is 0.0779. The quantitative estimate of drug-likeness (QED) is 0.609. The summed E-state index contributed by atoms with van der Waals surface area (Å²) in [5.41, 5.74) is 1.92. The topological polar surface area (TPSA) is 88.4 Å². The summed E-state index contributed by atoms with van der Waals surface area (Å²) in [7, 11) is -3.81. The van der Waals surface area contributed by atoms with E-state index >= 15 is 0 Å². The fraction of sp³-hybridized carbons (Fsp3) is 0.190. The second-order valence-corrected chi connectivity index (χ2v) is 8.18. The van der Waals surface area contributed by atoms with Gasteiger partial charge in [-0.3, -0.25) is 4.79 Å². The molecule has 3 rings (SSSR count). The third-order valence-electron chi connectivity index (χ3n) is 4.24. The highest BCUT2D eigenvalue weighted by atomic mass is 32.2. The molecule has 3 aromatic rings. The molecule has 0 radical (unpaired) electrons. The predicted octanol–water partition coefficient (Wildman–Crippen LogP) is 3.31. The van der Waals surface area contributed by atoms with Gasteiger partial charge in [0, 0.05) is 6.54 Å². The van der Waals surface area contributed by atoms with Gasteiger partial charge in [-0.1, -0.05) is 48.0 Å². The first-order valence-electron chi connectivity index (χ1n) is 8.87. The minimum Gasteiger partial charge on any atom is -0.468 e. The molecule has 1 atom stereocenters. The lowest BCUT2D eigenvalue weighted by Crippen LogP contribution is -2.33. The van der Waals surface area contributed by atoms with E-state index in [9.17, 15) is 13.2 Å². The summed E-state index contributed by atoms with van der Waals surface area (Å²) in [6.07, 6.45) is 1.37. The Kier molecular flexibility index (Phi) is 6.28. The van der Waals surface area contributed by atoms with Crippen LogP contribution in [0.4, 0.5) is 0 Å². The van der Waals surface area contributed by atoms with Crippen molar-refractivity contribution in [3.63, 3.8) is 0 Å². The van der Waals surface area contributed by atoms with Crippen LogP contribution in [0, 0.1) is 6.92 Å². The van der Waals surface area contributed by atoms with Gasteiger partial charge in [0.25, 0.3) is 0 Å². The van der Waals surface area contributed by atoms with Crippen LogP contribution in [0.3, 0.4) is 0 Å². The number of hydrogen-bond donors (Lipinski definition) is 2. The van der Waals surface area contributed by atoms with Crippen molar-refractivity contribution in [2.24, 2.45) is 0 Å². The molecule has 0 aliphatic carbocycles. The Morgan fingerprint density at radius 2 is 1.71 bits per heavy atom. The van der Waals surface area contributed by atoms with Crippen LogP contribution in [-0.4, -0.2) is 14.3 Å². The van der Waals surface area contributed by atoms with Crippen molar-refractivity contribution in [3.8, 4) is 0 Å². The molecule has 1 heterocycles. The predicted molar refractivity (Wildman–Crippen MR) is 106 cm³/mol. The SMILES string of the molecule is Cc1ccc(S(=O)(=O)NC(CC(=O)NCc2ccccc2)c2ccco2)cc1. The number of rotatable bonds is 8. The number of nitrogens with one attached hydrogen (secondary N) is 2. The molecule has 28 heavy (non-hydrogen) atoms. The van der Waals surface area contributed by atoms with Gasteiger partial charge in [0.1, 0.15) is 5.76 Å². The van der Waals surface area contributed by atoms with E-state index in [1.54, 1.807) is 24.3 Å². The van der Waals surface area contributed by atoms with Gasteiger partial charge in [-0.05, 0) is 36.8 Å². The van der Waals surface area contributed by atoms with E-state index in [1.807, 2.05) is 37.3 Å². The van der Waals surface area contributed by atoms with Gasteiger partial charge < -0.3 is 9.73 Å². The highest BCUT2D eigenvalue weighted by Crippen LogP contribution is 2.21. The first-order chi connectivity index (χ1) is 13.4. The molecular weight excluding hydrogens is 376 g/mol. The molecule has 0 spiro atoms. The summed E-state index contributed by atoms with van der Waals surface area (Å²) < 4.78 is 33.4. The van der Waals surface area contributed by atoms with Gasteiger partial charge in [0.15, 0.2) is 0 Å². The highest BCUT2D eigenvalue weighted by molar-refractivity contribution is 7.89. The maximum Gasteiger partial charge on any atom is 0.241 e. The third-order valence-corrected chi connectivity index (χ3v) is 5.72. The number of carbonyl (C=O) groups excluding carboxylic acids is 1. The van der Waals surface area contributed by atoms with Crippen molar-refractivity contribution in [2.45, 2.75) is 30.8 Å². The first-order valence-corrected chi connectivity index (χ1v) is 10.4. The molecule has 2 N–H and O–H groups in total. The van der Waals surface area contributed by atoms with Gasteiger partial charge in [-0.25, -0.2) is 8.42 Å². The zero-order chi connectivity index (χ0) is 20.0. The summed E-state index contributed by atoms with van der Waals surface area (Å²) in [5.74, 6) is 0.0995. The number of sulfonamides is 1. The average molecular weight is 398 g/mol. The molecule has 1 amide bonds. The van der Waals surface area contributed by atoms with E-state index in [0.717, 1.165) is 11.1 Å². The van der Waals surface area contributed by atoms with E-state index in [4.69, 9.17) is 4.42 Å². The lowest BCUT2D eigenvalue weighted by atomic mass is 10.1. The molecule has 0 aliphatic heterocycles. The molecule has 1 aromatic heterocycles. The maximum atomic E-state index is 12.7. The summed E-state index contributed by atoms with van der Waals surface area (Å²) in [6.45, 7) is 2.25. The van der Waals surface area contributed by atoms with Gasteiger partial charge >= 0.3 is 0 Å². The summed E-state index contributed by atoms with van der Waals surface area (Å²) in [6, 6.07) is 18.5. The second kappa shape index (κ2) is 8.86. The fourth-order valence-corrected chi connectivity index (χ4v) is 3.92. The number of carbonyl (C=O) groups is 1. The Morgan fingerprint density at radius 3 is 2.36 bits per heavy atom. The third kappa shape index (κ3) is 5.31. The molecule has 0 bridgehead atoms. The molecule has 7 heteroatoms. The van der Waals surface area contributed by atoms with Crippen LogP contribution in [0.15, 0.2) is 82.3 Å². The molecule has 146 valence electrons. The summed E-state index contributed by atoms with van der Waals surface area (Å²) >= 11 is 0. The van der Waals surface area contributed by atoms with E-state index in [1.165, 1.54) is 18.4 Å². The minimum atomic E-state index is -3.81. The zero-order valence-electron chi connectivity index (χ0n) is 15.5.